The van der Waals surface area contributed by atoms with E-state index in [1.165, 1.54) is 6.08 Å². The zero-order valence-corrected chi connectivity index (χ0v) is 12.5. The van der Waals surface area contributed by atoms with Crippen LogP contribution in [0.5, 0.6) is 0 Å². The minimum atomic E-state index is -0.529. The number of ether oxygens (including phenoxy) is 1. The molecular formula is C17H21NO3. The highest BCUT2D eigenvalue weighted by atomic mass is 16.5. The summed E-state index contributed by atoms with van der Waals surface area (Å²) in [5.74, 6) is -0.749. The molecule has 1 aromatic carbocycles. The summed E-state index contributed by atoms with van der Waals surface area (Å²) in [6.07, 6.45) is 2.97. The smallest absolute Gasteiger partial charge is 0.331 e. The molecule has 4 nitrogen and oxygen atoms in total. The number of likely N-dealkylation sites (N-methyl/N-ethyl adjacent to an activating group) is 1. The Balaban J connectivity index is 2.43. The summed E-state index contributed by atoms with van der Waals surface area (Å²) < 4.78 is 4.94. The lowest BCUT2D eigenvalue weighted by Crippen LogP contribution is -2.35. The average molecular weight is 287 g/mol. The number of hydrogen-bond acceptors (Lipinski definition) is 3. The molecule has 0 N–H and O–H groups in total. The minimum absolute atomic E-state index is 0.220. The van der Waals surface area contributed by atoms with Gasteiger partial charge >= 0.3 is 5.97 Å². The first-order valence-corrected chi connectivity index (χ1v) is 6.85. The van der Waals surface area contributed by atoms with Gasteiger partial charge in [0, 0.05) is 19.2 Å². The molecule has 0 saturated carbocycles. The summed E-state index contributed by atoms with van der Waals surface area (Å²) in [6, 6.07) is 9.41. The summed E-state index contributed by atoms with van der Waals surface area (Å²) >= 11 is 0. The van der Waals surface area contributed by atoms with E-state index >= 15 is 0 Å². The van der Waals surface area contributed by atoms with Gasteiger partial charge in [-0.3, -0.25) is 4.79 Å². The molecule has 0 atom stereocenters. The number of carbonyl (C=O) groups excluding carboxylic acids is 2. The quantitative estimate of drug-likeness (QED) is 0.440. The van der Waals surface area contributed by atoms with Crippen molar-refractivity contribution in [1.29, 1.82) is 0 Å². The Morgan fingerprint density at radius 1 is 1.29 bits per heavy atom. The van der Waals surface area contributed by atoms with Crippen LogP contribution in [-0.4, -0.2) is 36.5 Å². The second-order valence-electron chi connectivity index (χ2n) is 4.72. The first-order valence-electron chi connectivity index (χ1n) is 6.85. The number of benzene rings is 1. The van der Waals surface area contributed by atoms with Crippen molar-refractivity contribution >= 4 is 18.0 Å². The van der Waals surface area contributed by atoms with E-state index in [0.717, 1.165) is 11.1 Å². The van der Waals surface area contributed by atoms with Gasteiger partial charge in [0.1, 0.15) is 0 Å². The Morgan fingerprint density at radius 2 is 1.95 bits per heavy atom. The fourth-order valence-electron chi connectivity index (χ4n) is 1.70. The van der Waals surface area contributed by atoms with E-state index in [1.807, 2.05) is 44.2 Å². The van der Waals surface area contributed by atoms with Gasteiger partial charge in [-0.25, -0.2) is 4.79 Å². The molecule has 0 radical (unpaired) electrons. The normalized spacial score (nSPS) is 10.4. The Hall–Kier alpha value is -2.36. The Kier molecular flexibility index (Phi) is 6.95. The molecule has 0 aliphatic carbocycles. The molecule has 112 valence electrons. The van der Waals surface area contributed by atoms with E-state index < -0.39 is 5.97 Å². The van der Waals surface area contributed by atoms with Crippen molar-refractivity contribution in [1.82, 2.24) is 4.90 Å². The molecule has 0 unspecified atom stereocenters. The van der Waals surface area contributed by atoms with Crippen LogP contribution in [0.1, 0.15) is 19.4 Å². The van der Waals surface area contributed by atoms with Crippen LogP contribution in [0.25, 0.3) is 6.08 Å². The van der Waals surface area contributed by atoms with Crippen molar-refractivity contribution in [3.63, 3.8) is 0 Å². The summed E-state index contributed by atoms with van der Waals surface area (Å²) in [6.45, 7) is 8.28. The predicted molar refractivity (Wildman–Crippen MR) is 83.5 cm³/mol. The molecule has 0 saturated heterocycles. The van der Waals surface area contributed by atoms with Crippen LogP contribution in [0.2, 0.25) is 0 Å². The van der Waals surface area contributed by atoms with E-state index in [-0.39, 0.29) is 12.5 Å². The topological polar surface area (TPSA) is 46.6 Å². The van der Waals surface area contributed by atoms with E-state index in [9.17, 15) is 9.59 Å². The molecule has 0 bridgehead atoms. The van der Waals surface area contributed by atoms with Crippen molar-refractivity contribution in [2.24, 2.45) is 0 Å². The van der Waals surface area contributed by atoms with Crippen molar-refractivity contribution < 1.29 is 14.3 Å². The SMILES string of the molecule is C=C(C)CN(CC)C(=O)COC(=O)/C=C/c1ccccc1. The molecule has 1 amide bonds. The van der Waals surface area contributed by atoms with Crippen molar-refractivity contribution in [2.75, 3.05) is 19.7 Å². The zero-order chi connectivity index (χ0) is 15.7. The number of amides is 1. The van der Waals surface area contributed by atoms with Gasteiger partial charge in [-0.2, -0.15) is 0 Å². The number of rotatable bonds is 7. The monoisotopic (exact) mass is 287 g/mol. The summed E-state index contributed by atoms with van der Waals surface area (Å²) in [7, 11) is 0. The molecule has 1 rings (SSSR count). The molecule has 21 heavy (non-hydrogen) atoms. The van der Waals surface area contributed by atoms with E-state index in [1.54, 1.807) is 11.0 Å². The maximum Gasteiger partial charge on any atom is 0.331 e. The number of esters is 1. The lowest BCUT2D eigenvalue weighted by molar-refractivity contribution is -0.147. The fourth-order valence-corrected chi connectivity index (χ4v) is 1.70. The summed E-state index contributed by atoms with van der Waals surface area (Å²) in [4.78, 5) is 25.0. The van der Waals surface area contributed by atoms with Crippen molar-refractivity contribution in [2.45, 2.75) is 13.8 Å². The lowest BCUT2D eigenvalue weighted by Gasteiger charge is -2.20. The van der Waals surface area contributed by atoms with Crippen LogP contribution in [0.3, 0.4) is 0 Å². The third kappa shape index (κ3) is 6.56. The third-order valence-corrected chi connectivity index (χ3v) is 2.74. The second kappa shape index (κ2) is 8.74. The largest absolute Gasteiger partial charge is 0.452 e. The highest BCUT2D eigenvalue weighted by Gasteiger charge is 2.13. The number of carbonyl (C=O) groups is 2. The number of hydrogen-bond donors (Lipinski definition) is 0. The highest BCUT2D eigenvalue weighted by Crippen LogP contribution is 2.02. The van der Waals surface area contributed by atoms with E-state index in [4.69, 9.17) is 4.74 Å². The van der Waals surface area contributed by atoms with Crippen LogP contribution in [0.4, 0.5) is 0 Å². The molecule has 0 aromatic heterocycles. The van der Waals surface area contributed by atoms with Gasteiger partial charge in [0.2, 0.25) is 0 Å². The molecule has 0 heterocycles. The fraction of sp³-hybridized carbons (Fsp3) is 0.294. The van der Waals surface area contributed by atoms with Crippen LogP contribution in [0.15, 0.2) is 48.6 Å². The van der Waals surface area contributed by atoms with Gasteiger partial charge < -0.3 is 9.64 Å². The van der Waals surface area contributed by atoms with Gasteiger partial charge in [-0.05, 0) is 25.5 Å². The molecule has 0 aliphatic rings. The second-order valence-corrected chi connectivity index (χ2v) is 4.72. The van der Waals surface area contributed by atoms with Gasteiger partial charge in [-0.1, -0.05) is 42.5 Å². The van der Waals surface area contributed by atoms with Crippen molar-refractivity contribution in [3.05, 3.63) is 54.1 Å². The van der Waals surface area contributed by atoms with Gasteiger partial charge in [0.15, 0.2) is 6.61 Å². The van der Waals surface area contributed by atoms with Crippen LogP contribution in [-0.2, 0) is 14.3 Å². The van der Waals surface area contributed by atoms with Crippen molar-refractivity contribution in [3.8, 4) is 0 Å². The van der Waals surface area contributed by atoms with Gasteiger partial charge in [0.25, 0.3) is 5.91 Å². The van der Waals surface area contributed by atoms with Crippen LogP contribution in [0, 0.1) is 0 Å². The van der Waals surface area contributed by atoms with E-state index in [2.05, 4.69) is 6.58 Å². The zero-order valence-electron chi connectivity index (χ0n) is 12.5. The maximum atomic E-state index is 11.9. The molecule has 0 fully saturated rings. The Labute approximate surface area is 125 Å². The van der Waals surface area contributed by atoms with Gasteiger partial charge in [-0.15, -0.1) is 0 Å². The van der Waals surface area contributed by atoms with Crippen LogP contribution < -0.4 is 0 Å². The highest BCUT2D eigenvalue weighted by molar-refractivity contribution is 5.89. The van der Waals surface area contributed by atoms with Crippen LogP contribution >= 0.6 is 0 Å². The maximum absolute atomic E-state index is 11.9. The number of nitrogens with zero attached hydrogens (tertiary/aromatic N) is 1. The molecule has 4 heteroatoms. The molecule has 1 aromatic rings. The molecular weight excluding hydrogens is 266 g/mol. The first kappa shape index (κ1) is 16.7. The summed E-state index contributed by atoms with van der Waals surface area (Å²) in [5, 5.41) is 0. The lowest BCUT2D eigenvalue weighted by atomic mass is 10.2. The predicted octanol–water partition coefficient (Wildman–Crippen LogP) is 2.67. The molecule has 0 spiro atoms. The standard InChI is InChI=1S/C17H21NO3/c1-4-18(12-14(2)3)16(19)13-21-17(20)11-10-15-8-6-5-7-9-15/h5-11H,2,4,12-13H2,1,3H3/b11-10+. The first-order chi connectivity index (χ1) is 10.0. The Morgan fingerprint density at radius 3 is 2.52 bits per heavy atom. The third-order valence-electron chi connectivity index (χ3n) is 2.74. The molecule has 0 aliphatic heterocycles. The average Bonchev–Trinajstić information content (AvgIpc) is 2.49. The minimum Gasteiger partial charge on any atom is -0.452 e. The summed E-state index contributed by atoms with van der Waals surface area (Å²) in [5.41, 5.74) is 1.79. The Bertz CT molecular complexity index is 520. The van der Waals surface area contributed by atoms with E-state index in [0.29, 0.717) is 13.1 Å². The van der Waals surface area contributed by atoms with Gasteiger partial charge in [0.05, 0.1) is 0 Å².